The standard InChI is InChI=1S/C31H47BO3Si2/c1-22-23(2)31(27(26(22)28(32)34-31)35-36(9,10)29(3,4)5)21-33-37(30(6,7)8,24-17-13-11-14-18-24)25-19-15-12-16-20-25/h11-20,22-23,26-28H,21H2,1-10H3/t22?,23?,26-,27-,28+,31-/m0/s1. The second-order valence-electron chi connectivity index (χ2n) is 14.0. The van der Waals surface area contributed by atoms with Crippen molar-refractivity contribution in [1.82, 2.24) is 0 Å². The lowest BCUT2D eigenvalue weighted by molar-refractivity contribution is -0.130. The summed E-state index contributed by atoms with van der Waals surface area (Å²) in [4.78, 5) is 0. The molecule has 3 nitrogen and oxygen atoms in total. The van der Waals surface area contributed by atoms with Gasteiger partial charge in [0, 0.05) is 11.9 Å². The molecule has 1 saturated heterocycles. The molecule has 0 aromatic heterocycles. The molecule has 6 heteroatoms. The van der Waals surface area contributed by atoms with E-state index in [1.54, 1.807) is 0 Å². The summed E-state index contributed by atoms with van der Waals surface area (Å²) >= 11 is 0. The number of fused-ring (bicyclic) bond motifs is 2. The molecule has 2 fully saturated rings. The quantitative estimate of drug-likeness (QED) is 0.401. The van der Waals surface area contributed by atoms with Crippen LogP contribution in [0, 0.1) is 17.8 Å². The van der Waals surface area contributed by atoms with Crippen LogP contribution in [0.3, 0.4) is 0 Å². The molecule has 4 rings (SSSR count). The summed E-state index contributed by atoms with van der Waals surface area (Å²) in [5.41, 5.74) is -0.563. The van der Waals surface area contributed by atoms with Gasteiger partial charge in [-0.05, 0) is 45.4 Å². The fraction of sp³-hybridized carbons (Fsp3) is 0.613. The molecule has 0 spiro atoms. The smallest absolute Gasteiger partial charge is 0.261 e. The third-order valence-electron chi connectivity index (χ3n) is 9.89. The van der Waals surface area contributed by atoms with Gasteiger partial charge in [-0.2, -0.15) is 0 Å². The van der Waals surface area contributed by atoms with Crippen molar-refractivity contribution in [2.75, 3.05) is 6.61 Å². The minimum absolute atomic E-state index is 0.0633. The third kappa shape index (κ3) is 4.65. The monoisotopic (exact) mass is 534 g/mol. The Bertz CT molecular complexity index is 1020. The van der Waals surface area contributed by atoms with Gasteiger partial charge < -0.3 is 13.6 Å². The van der Waals surface area contributed by atoms with Gasteiger partial charge in [0.25, 0.3) is 8.32 Å². The SMILES string of the molecule is [B][C@@H]1O[C@@]2(CO[Si](c3ccccc3)(c3ccccc3)C(C)(C)C)C(C)C(C)[C@H]1[C@@H]2O[Si](C)(C)C(C)(C)C. The van der Waals surface area contributed by atoms with Crippen LogP contribution >= 0.6 is 0 Å². The molecule has 2 radical (unpaired) electrons. The molecular weight excluding hydrogens is 487 g/mol. The van der Waals surface area contributed by atoms with Gasteiger partial charge in [-0.3, -0.25) is 0 Å². The van der Waals surface area contributed by atoms with Crippen LogP contribution in [-0.4, -0.2) is 48.8 Å². The Labute approximate surface area is 229 Å². The van der Waals surface area contributed by atoms with E-state index in [1.165, 1.54) is 10.4 Å². The van der Waals surface area contributed by atoms with Crippen molar-refractivity contribution in [3.05, 3.63) is 60.7 Å². The van der Waals surface area contributed by atoms with Crippen molar-refractivity contribution in [2.24, 2.45) is 17.8 Å². The minimum atomic E-state index is -2.73. The van der Waals surface area contributed by atoms with E-state index in [0.717, 1.165) is 0 Å². The zero-order chi connectivity index (χ0) is 27.4. The first-order valence-corrected chi connectivity index (χ1v) is 18.8. The van der Waals surface area contributed by atoms with E-state index in [2.05, 4.69) is 129 Å². The van der Waals surface area contributed by atoms with Gasteiger partial charge in [0.05, 0.1) is 12.7 Å². The van der Waals surface area contributed by atoms with Crippen molar-refractivity contribution >= 4 is 34.9 Å². The Balaban J connectivity index is 1.81. The summed E-state index contributed by atoms with van der Waals surface area (Å²) in [6.07, 6.45) is -0.0633. The lowest BCUT2D eigenvalue weighted by Gasteiger charge is -2.48. The highest BCUT2D eigenvalue weighted by Gasteiger charge is 2.68. The maximum atomic E-state index is 7.46. The molecule has 1 aliphatic heterocycles. The lowest BCUT2D eigenvalue weighted by atomic mass is 9.77. The summed E-state index contributed by atoms with van der Waals surface area (Å²) in [5.74, 6) is 0.860. The first-order chi connectivity index (χ1) is 17.1. The summed E-state index contributed by atoms with van der Waals surface area (Å²) < 4.78 is 21.4. The highest BCUT2D eigenvalue weighted by atomic mass is 28.4. The number of rotatable bonds is 7. The zero-order valence-electron chi connectivity index (χ0n) is 24.7. The van der Waals surface area contributed by atoms with Crippen molar-refractivity contribution in [3.63, 3.8) is 0 Å². The summed E-state index contributed by atoms with van der Waals surface area (Å²) in [6, 6.07) is 21.4. The van der Waals surface area contributed by atoms with E-state index in [4.69, 9.17) is 21.4 Å². The summed E-state index contributed by atoms with van der Waals surface area (Å²) in [6.45, 7) is 23.7. The number of hydrogen-bond donors (Lipinski definition) is 0. The minimum Gasteiger partial charge on any atom is -0.411 e. The average Bonchev–Trinajstić information content (AvgIpc) is 3.18. The van der Waals surface area contributed by atoms with E-state index < -0.39 is 22.2 Å². The van der Waals surface area contributed by atoms with Gasteiger partial charge in [-0.15, -0.1) is 0 Å². The zero-order valence-corrected chi connectivity index (χ0v) is 26.7. The Morgan fingerprint density at radius 2 is 1.32 bits per heavy atom. The predicted octanol–water partition coefficient (Wildman–Crippen LogP) is 6.12. The number of ether oxygens (including phenoxy) is 1. The topological polar surface area (TPSA) is 27.7 Å². The highest BCUT2D eigenvalue weighted by Crippen LogP contribution is 2.58. The van der Waals surface area contributed by atoms with Crippen LogP contribution in [0.2, 0.25) is 23.2 Å². The molecule has 37 heavy (non-hydrogen) atoms. The Kier molecular flexibility index (Phi) is 7.62. The van der Waals surface area contributed by atoms with Gasteiger partial charge in [0.2, 0.25) is 0 Å². The highest BCUT2D eigenvalue weighted by molar-refractivity contribution is 6.99. The first-order valence-electron chi connectivity index (χ1n) is 13.9. The molecule has 2 aliphatic rings. The van der Waals surface area contributed by atoms with Crippen LogP contribution in [0.1, 0.15) is 55.4 Å². The average molecular weight is 535 g/mol. The molecule has 1 saturated carbocycles. The summed E-state index contributed by atoms with van der Waals surface area (Å²) in [7, 11) is 1.90. The second kappa shape index (κ2) is 9.78. The van der Waals surface area contributed by atoms with E-state index in [9.17, 15) is 0 Å². The second-order valence-corrected chi connectivity index (χ2v) is 23.1. The lowest BCUT2D eigenvalue weighted by Crippen LogP contribution is -2.68. The van der Waals surface area contributed by atoms with Crippen LogP contribution < -0.4 is 10.4 Å². The molecule has 6 atom stereocenters. The van der Waals surface area contributed by atoms with E-state index in [0.29, 0.717) is 12.5 Å². The van der Waals surface area contributed by atoms with Gasteiger partial charge in [0.15, 0.2) is 8.32 Å². The maximum absolute atomic E-state index is 7.46. The number of benzene rings is 2. The van der Waals surface area contributed by atoms with Crippen molar-refractivity contribution < 1.29 is 13.6 Å². The normalized spacial score (nSPS) is 30.6. The third-order valence-corrected chi connectivity index (χ3v) is 19.3. The van der Waals surface area contributed by atoms with Crippen LogP contribution in [0.15, 0.2) is 60.7 Å². The molecule has 2 unspecified atom stereocenters. The molecule has 200 valence electrons. The first kappa shape index (κ1) is 28.8. The van der Waals surface area contributed by atoms with E-state index in [-0.39, 0.29) is 34.0 Å². The maximum Gasteiger partial charge on any atom is 0.261 e. The van der Waals surface area contributed by atoms with Crippen LogP contribution in [-0.2, 0) is 13.6 Å². The van der Waals surface area contributed by atoms with Gasteiger partial charge in [0.1, 0.15) is 13.4 Å². The van der Waals surface area contributed by atoms with Crippen molar-refractivity contribution in [3.8, 4) is 0 Å². The Morgan fingerprint density at radius 3 is 1.76 bits per heavy atom. The van der Waals surface area contributed by atoms with Crippen molar-refractivity contribution in [1.29, 1.82) is 0 Å². The molecular formula is C31H47BO3Si2. The van der Waals surface area contributed by atoms with E-state index >= 15 is 0 Å². The van der Waals surface area contributed by atoms with Crippen LogP contribution in [0.5, 0.6) is 0 Å². The fourth-order valence-electron chi connectivity index (χ4n) is 6.52. The van der Waals surface area contributed by atoms with Gasteiger partial charge in [-0.1, -0.05) is 116 Å². The molecule has 2 bridgehead atoms. The van der Waals surface area contributed by atoms with Crippen LogP contribution in [0.25, 0.3) is 0 Å². The van der Waals surface area contributed by atoms with Crippen molar-refractivity contribution in [2.45, 2.75) is 96.3 Å². The molecule has 0 amide bonds. The Hall–Kier alpha value is -1.18. The molecule has 0 N–H and O–H groups in total. The molecule has 1 heterocycles. The van der Waals surface area contributed by atoms with Gasteiger partial charge in [-0.25, -0.2) is 0 Å². The summed E-state index contributed by atoms with van der Waals surface area (Å²) in [5, 5.41) is 2.57. The van der Waals surface area contributed by atoms with Gasteiger partial charge >= 0.3 is 0 Å². The Morgan fingerprint density at radius 1 is 0.838 bits per heavy atom. The van der Waals surface area contributed by atoms with Crippen LogP contribution in [0.4, 0.5) is 0 Å². The molecule has 1 aliphatic carbocycles. The fourth-order valence-corrected chi connectivity index (χ4v) is 12.5. The number of hydrogen-bond acceptors (Lipinski definition) is 3. The molecule has 2 aromatic carbocycles. The predicted molar refractivity (Wildman–Crippen MR) is 161 cm³/mol. The van der Waals surface area contributed by atoms with E-state index in [1.807, 2.05) is 0 Å². The molecule has 2 aromatic rings. The largest absolute Gasteiger partial charge is 0.411 e.